The molecule has 0 fully saturated rings. The Kier molecular flexibility index (Phi) is 3.25. The average molecular weight is 194 g/mol. The molecule has 3 N–H and O–H groups in total. The summed E-state index contributed by atoms with van der Waals surface area (Å²) < 4.78 is 5.04. The molecule has 0 aromatic heterocycles. The summed E-state index contributed by atoms with van der Waals surface area (Å²) in [5.41, 5.74) is 5.31. The highest BCUT2D eigenvalue weighted by Crippen LogP contribution is 2.27. The standard InChI is InChI=1S/C11H15NO2/c1-7(2)9-5-4-8(3)6-10(9)14-11(12)13/h4-7H,1-3H3,(H2,12,13)/p+1. The molecule has 14 heavy (non-hydrogen) atoms. The van der Waals surface area contributed by atoms with Crippen LogP contribution in [0.15, 0.2) is 18.2 Å². The highest BCUT2D eigenvalue weighted by atomic mass is 16.5. The number of hydrogen-bond acceptors (Lipinski definition) is 2. The van der Waals surface area contributed by atoms with E-state index < -0.39 is 6.09 Å². The van der Waals surface area contributed by atoms with E-state index in [-0.39, 0.29) is 0 Å². The van der Waals surface area contributed by atoms with Crippen molar-refractivity contribution >= 4 is 6.09 Å². The van der Waals surface area contributed by atoms with E-state index in [0.29, 0.717) is 11.7 Å². The Balaban J connectivity index is 3.09. The van der Waals surface area contributed by atoms with Gasteiger partial charge in [0.2, 0.25) is 0 Å². The predicted molar refractivity (Wildman–Crippen MR) is 54.2 cm³/mol. The molecule has 1 amide bonds. The zero-order valence-electron chi connectivity index (χ0n) is 8.83. The molecule has 0 aliphatic rings. The van der Waals surface area contributed by atoms with Gasteiger partial charge in [0.1, 0.15) is 5.75 Å². The number of rotatable bonds is 2. The van der Waals surface area contributed by atoms with E-state index >= 15 is 0 Å². The SMILES string of the molecule is Cc1ccc(C(C)C)c(OC([NH3+])=O)c1. The molecule has 1 rings (SSSR count). The van der Waals surface area contributed by atoms with Gasteiger partial charge in [-0.3, -0.25) is 5.73 Å². The Labute approximate surface area is 83.9 Å². The average Bonchev–Trinajstić information content (AvgIpc) is 2.01. The third kappa shape index (κ3) is 2.57. The topological polar surface area (TPSA) is 53.9 Å². The van der Waals surface area contributed by atoms with Crippen molar-refractivity contribution < 1.29 is 15.3 Å². The molecule has 0 saturated carbocycles. The Bertz CT molecular complexity index is 345. The summed E-state index contributed by atoms with van der Waals surface area (Å²) in [6, 6.07) is 5.85. The summed E-state index contributed by atoms with van der Waals surface area (Å²) in [4.78, 5) is 10.8. The second-order valence-electron chi connectivity index (χ2n) is 3.67. The molecule has 0 bridgehead atoms. The molecule has 1 aromatic rings. The molecule has 0 unspecified atom stereocenters. The van der Waals surface area contributed by atoms with Gasteiger partial charge in [0.05, 0.1) is 0 Å². The molecule has 0 heterocycles. The van der Waals surface area contributed by atoms with Crippen LogP contribution in [0.4, 0.5) is 4.79 Å². The van der Waals surface area contributed by atoms with E-state index in [1.54, 1.807) is 0 Å². The molecule has 0 aliphatic carbocycles. The van der Waals surface area contributed by atoms with Crippen LogP contribution in [0.5, 0.6) is 5.75 Å². The monoisotopic (exact) mass is 194 g/mol. The maximum absolute atomic E-state index is 10.8. The Hall–Kier alpha value is -1.35. The van der Waals surface area contributed by atoms with Gasteiger partial charge in [-0.25, -0.2) is 0 Å². The van der Waals surface area contributed by atoms with Gasteiger partial charge in [0.25, 0.3) is 0 Å². The van der Waals surface area contributed by atoms with E-state index in [9.17, 15) is 4.79 Å². The van der Waals surface area contributed by atoms with Crippen molar-refractivity contribution in [3.05, 3.63) is 29.3 Å². The normalized spacial score (nSPS) is 10.4. The van der Waals surface area contributed by atoms with Crippen molar-refractivity contribution in [1.29, 1.82) is 0 Å². The minimum atomic E-state index is -0.516. The summed E-state index contributed by atoms with van der Waals surface area (Å²) in [5.74, 6) is 0.963. The van der Waals surface area contributed by atoms with E-state index in [2.05, 4.69) is 19.6 Å². The number of amides is 1. The molecule has 3 nitrogen and oxygen atoms in total. The smallest absolute Gasteiger partial charge is 0.381 e. The van der Waals surface area contributed by atoms with E-state index in [1.165, 1.54) is 0 Å². The van der Waals surface area contributed by atoms with Crippen molar-refractivity contribution in [3.63, 3.8) is 0 Å². The van der Waals surface area contributed by atoms with Gasteiger partial charge in [0, 0.05) is 0 Å². The first-order chi connectivity index (χ1) is 6.50. The van der Waals surface area contributed by atoms with Gasteiger partial charge in [-0.05, 0) is 30.0 Å². The van der Waals surface area contributed by atoms with Crippen LogP contribution in [0.1, 0.15) is 30.9 Å². The van der Waals surface area contributed by atoms with Crippen LogP contribution in [0.25, 0.3) is 0 Å². The Morgan fingerprint density at radius 3 is 2.57 bits per heavy atom. The van der Waals surface area contributed by atoms with Crippen molar-refractivity contribution in [2.45, 2.75) is 26.7 Å². The van der Waals surface area contributed by atoms with Gasteiger partial charge in [0.15, 0.2) is 0 Å². The maximum atomic E-state index is 10.8. The summed E-state index contributed by atoms with van der Waals surface area (Å²) in [6.07, 6.45) is -0.516. The molecular weight excluding hydrogens is 178 g/mol. The maximum Gasteiger partial charge on any atom is 0.516 e. The lowest BCUT2D eigenvalue weighted by Gasteiger charge is -2.11. The van der Waals surface area contributed by atoms with Crippen LogP contribution in [-0.4, -0.2) is 6.09 Å². The highest BCUT2D eigenvalue weighted by molar-refractivity contribution is 5.60. The van der Waals surface area contributed by atoms with Gasteiger partial charge >= 0.3 is 6.09 Å². The molecule has 76 valence electrons. The Morgan fingerprint density at radius 1 is 1.43 bits per heavy atom. The number of carbonyl (C=O) groups is 1. The molecule has 0 radical (unpaired) electrons. The number of aryl methyl sites for hydroxylation is 1. The minimum Gasteiger partial charge on any atom is -0.381 e. The molecule has 0 spiro atoms. The molecule has 3 heteroatoms. The first-order valence-electron chi connectivity index (χ1n) is 4.65. The fraction of sp³-hybridized carbons (Fsp3) is 0.364. The summed E-state index contributed by atoms with van der Waals surface area (Å²) >= 11 is 0. The van der Waals surface area contributed by atoms with E-state index in [0.717, 1.165) is 11.1 Å². The van der Waals surface area contributed by atoms with Crippen LogP contribution in [0.3, 0.4) is 0 Å². The van der Waals surface area contributed by atoms with Crippen molar-refractivity contribution in [2.24, 2.45) is 0 Å². The van der Waals surface area contributed by atoms with Crippen LogP contribution in [-0.2, 0) is 0 Å². The first kappa shape index (κ1) is 10.7. The zero-order chi connectivity index (χ0) is 10.7. The highest BCUT2D eigenvalue weighted by Gasteiger charge is 2.11. The van der Waals surface area contributed by atoms with Gasteiger partial charge in [-0.1, -0.05) is 26.0 Å². The number of hydrogen-bond donors (Lipinski definition) is 1. The lowest BCUT2D eigenvalue weighted by Crippen LogP contribution is -2.58. The molecule has 0 saturated heterocycles. The second-order valence-corrected chi connectivity index (χ2v) is 3.67. The summed E-state index contributed by atoms with van der Waals surface area (Å²) in [6.45, 7) is 6.08. The summed E-state index contributed by atoms with van der Waals surface area (Å²) in [7, 11) is 0. The predicted octanol–water partition coefficient (Wildman–Crippen LogP) is 1.86. The fourth-order valence-electron chi connectivity index (χ4n) is 1.33. The molecule has 0 atom stereocenters. The number of benzene rings is 1. The minimum absolute atomic E-state index is 0.338. The first-order valence-corrected chi connectivity index (χ1v) is 4.65. The second kappa shape index (κ2) is 4.24. The number of quaternary nitrogens is 1. The fourth-order valence-corrected chi connectivity index (χ4v) is 1.33. The van der Waals surface area contributed by atoms with Crippen molar-refractivity contribution in [2.75, 3.05) is 0 Å². The quantitative estimate of drug-likeness (QED) is 0.781. The van der Waals surface area contributed by atoms with Gasteiger partial charge in [-0.2, -0.15) is 4.79 Å². The molecule has 0 aliphatic heterocycles. The van der Waals surface area contributed by atoms with Crippen LogP contribution < -0.4 is 10.5 Å². The lowest BCUT2D eigenvalue weighted by atomic mass is 10.0. The third-order valence-corrected chi connectivity index (χ3v) is 2.01. The Morgan fingerprint density at radius 2 is 2.07 bits per heavy atom. The van der Waals surface area contributed by atoms with Gasteiger partial charge in [-0.15, -0.1) is 0 Å². The number of carbonyl (C=O) groups excluding carboxylic acids is 1. The third-order valence-electron chi connectivity index (χ3n) is 2.01. The van der Waals surface area contributed by atoms with Crippen molar-refractivity contribution in [1.82, 2.24) is 0 Å². The summed E-state index contributed by atoms with van der Waals surface area (Å²) in [5, 5.41) is 0. The molecular formula is C11H16NO2+. The lowest BCUT2D eigenvalue weighted by molar-refractivity contribution is -0.271. The van der Waals surface area contributed by atoms with Gasteiger partial charge < -0.3 is 4.74 Å². The number of ether oxygens (including phenoxy) is 1. The molecule has 1 aromatic carbocycles. The van der Waals surface area contributed by atoms with E-state index in [4.69, 9.17) is 4.74 Å². The van der Waals surface area contributed by atoms with Crippen LogP contribution in [0, 0.1) is 6.92 Å². The zero-order valence-corrected chi connectivity index (χ0v) is 8.83. The van der Waals surface area contributed by atoms with Crippen LogP contribution >= 0.6 is 0 Å². The van der Waals surface area contributed by atoms with E-state index in [1.807, 2.05) is 25.1 Å². The van der Waals surface area contributed by atoms with Crippen LogP contribution in [0.2, 0.25) is 0 Å². The largest absolute Gasteiger partial charge is 0.516 e. The van der Waals surface area contributed by atoms with Crippen molar-refractivity contribution in [3.8, 4) is 5.75 Å².